The van der Waals surface area contributed by atoms with E-state index in [0.717, 1.165) is 19.3 Å². The summed E-state index contributed by atoms with van der Waals surface area (Å²) in [5, 5.41) is 0.891. The number of hydrogen-bond donors (Lipinski definition) is 1. The average Bonchev–Trinajstić information content (AvgIpc) is 2.57. The Labute approximate surface area is 141 Å². The van der Waals surface area contributed by atoms with Crippen LogP contribution in [0, 0.1) is 0 Å². The quantitative estimate of drug-likeness (QED) is 0.841. The first kappa shape index (κ1) is 18.0. The molecule has 3 rings (SSSR count). The summed E-state index contributed by atoms with van der Waals surface area (Å²) in [6, 6.07) is 6.50. The molecule has 1 aliphatic heterocycles. The van der Waals surface area contributed by atoms with Crippen molar-refractivity contribution in [2.24, 2.45) is 0 Å². The van der Waals surface area contributed by atoms with Gasteiger partial charge in [-0.25, -0.2) is 8.42 Å². The van der Waals surface area contributed by atoms with Gasteiger partial charge in [0.15, 0.2) is 0 Å². The highest BCUT2D eigenvalue weighted by molar-refractivity contribution is 7.89. The van der Waals surface area contributed by atoms with Crippen molar-refractivity contribution >= 4 is 32.4 Å². The van der Waals surface area contributed by atoms with E-state index in [-0.39, 0.29) is 16.5 Å². The van der Waals surface area contributed by atoms with E-state index in [4.69, 9.17) is 0 Å². The van der Waals surface area contributed by atoms with Crippen LogP contribution in [0.25, 0.3) is 10.8 Å². The van der Waals surface area contributed by atoms with Crippen molar-refractivity contribution in [2.45, 2.75) is 37.1 Å². The minimum absolute atomic E-state index is 0.000929. The highest BCUT2D eigenvalue weighted by Crippen LogP contribution is 2.28. The highest BCUT2D eigenvalue weighted by atomic mass is 35.5. The van der Waals surface area contributed by atoms with Gasteiger partial charge in [-0.2, -0.15) is 4.31 Å². The Morgan fingerprint density at radius 1 is 1.17 bits per heavy atom. The van der Waals surface area contributed by atoms with E-state index >= 15 is 0 Å². The largest absolute Gasteiger partial charge is 0.329 e. The van der Waals surface area contributed by atoms with Crippen LogP contribution in [0.5, 0.6) is 0 Å². The molecule has 1 fully saturated rings. The summed E-state index contributed by atoms with van der Waals surface area (Å²) in [6.45, 7) is 2.48. The summed E-state index contributed by atoms with van der Waals surface area (Å²) in [5.74, 6) is 0. The minimum Gasteiger partial charge on any atom is -0.329 e. The zero-order valence-electron chi connectivity index (χ0n) is 13.3. The Morgan fingerprint density at radius 3 is 2.61 bits per heavy atom. The third-order valence-corrected chi connectivity index (χ3v) is 6.18. The van der Waals surface area contributed by atoms with Gasteiger partial charge < -0.3 is 4.98 Å². The van der Waals surface area contributed by atoms with E-state index in [1.54, 1.807) is 28.6 Å². The maximum absolute atomic E-state index is 12.9. The second-order valence-corrected chi connectivity index (χ2v) is 7.34. The van der Waals surface area contributed by atoms with Gasteiger partial charge >= 0.3 is 0 Å². The zero-order valence-corrected chi connectivity index (χ0v) is 14.8. The summed E-state index contributed by atoms with van der Waals surface area (Å²) >= 11 is 4.64. The second-order valence-electron chi connectivity index (χ2n) is 5.48. The molecule has 126 valence electrons. The van der Waals surface area contributed by atoms with Crippen LogP contribution in [0.3, 0.4) is 0 Å². The van der Waals surface area contributed by atoms with Gasteiger partial charge in [-0.3, -0.25) is 4.79 Å². The number of nitrogens with zero attached hydrogens (tertiary/aromatic N) is 1. The molecule has 0 spiro atoms. The summed E-state index contributed by atoms with van der Waals surface area (Å²) in [5.41, 5.74) is -0.267. The maximum Gasteiger partial charge on any atom is 0.255 e. The normalized spacial score (nSPS) is 19.2. The minimum atomic E-state index is -3.57. The SMILES string of the molecule is CC1CCCCN1S(=O)(=O)c1cccc2c(=O)[nH]ccc12.CCl. The lowest BCUT2D eigenvalue weighted by molar-refractivity contribution is 0.269. The molecular weight excluding hydrogens is 336 g/mol. The fourth-order valence-electron chi connectivity index (χ4n) is 2.97. The van der Waals surface area contributed by atoms with Crippen LogP contribution in [0.15, 0.2) is 40.2 Å². The topological polar surface area (TPSA) is 70.2 Å². The van der Waals surface area contributed by atoms with Crippen LogP contribution in [0.1, 0.15) is 26.2 Å². The molecule has 1 aromatic heterocycles. The van der Waals surface area contributed by atoms with E-state index in [2.05, 4.69) is 16.6 Å². The van der Waals surface area contributed by atoms with E-state index in [9.17, 15) is 13.2 Å². The van der Waals surface area contributed by atoms with Gasteiger partial charge in [-0.05, 0) is 38.0 Å². The third kappa shape index (κ3) is 3.44. The van der Waals surface area contributed by atoms with Crippen LogP contribution in [-0.2, 0) is 10.0 Å². The molecule has 5 nitrogen and oxygen atoms in total. The maximum atomic E-state index is 12.9. The van der Waals surface area contributed by atoms with Crippen LogP contribution in [0.4, 0.5) is 0 Å². The summed E-state index contributed by atoms with van der Waals surface area (Å²) in [4.78, 5) is 14.6. The number of piperidine rings is 1. The number of aromatic amines is 1. The molecule has 0 radical (unpaired) electrons. The molecule has 1 aromatic carbocycles. The van der Waals surface area contributed by atoms with Gasteiger partial charge in [-0.1, -0.05) is 12.5 Å². The molecular formula is C16H21ClN2O3S. The molecule has 0 bridgehead atoms. The van der Waals surface area contributed by atoms with Crippen molar-refractivity contribution in [3.63, 3.8) is 0 Å². The first-order valence-corrected chi connectivity index (χ1v) is 9.71. The molecule has 1 N–H and O–H groups in total. The Bertz CT molecular complexity index is 833. The Kier molecular flexibility index (Phi) is 5.84. The second kappa shape index (κ2) is 7.47. The number of halogens is 1. The molecule has 1 unspecified atom stereocenters. The molecule has 2 aromatic rings. The smallest absolute Gasteiger partial charge is 0.255 e. The number of hydrogen-bond acceptors (Lipinski definition) is 3. The average molecular weight is 357 g/mol. The van der Waals surface area contributed by atoms with Crippen LogP contribution in [0.2, 0.25) is 0 Å². The predicted octanol–water partition coefficient (Wildman–Crippen LogP) is 2.95. The van der Waals surface area contributed by atoms with Crippen LogP contribution in [-0.4, -0.2) is 36.7 Å². The fraction of sp³-hybridized carbons (Fsp3) is 0.438. The number of pyridine rings is 1. The molecule has 0 aliphatic carbocycles. The van der Waals surface area contributed by atoms with Crippen molar-refractivity contribution in [2.75, 3.05) is 12.9 Å². The molecule has 7 heteroatoms. The van der Waals surface area contributed by atoms with E-state index in [0.29, 0.717) is 17.3 Å². The number of sulfonamides is 1. The number of rotatable bonds is 2. The van der Waals surface area contributed by atoms with Crippen LogP contribution < -0.4 is 5.56 Å². The summed E-state index contributed by atoms with van der Waals surface area (Å²) in [6.07, 6.45) is 5.78. The number of benzene rings is 1. The number of aromatic nitrogens is 1. The predicted molar refractivity (Wildman–Crippen MR) is 93.6 cm³/mol. The standard InChI is InChI=1S/C15H18N2O3S.CH3Cl/c1-11-5-2-3-10-17(11)21(19,20)14-7-4-6-13-12(14)8-9-16-15(13)18;1-2/h4,6-9,11H,2-3,5,10H2,1H3,(H,16,18);1H3. The first-order chi connectivity index (χ1) is 11.0. The fourth-order valence-corrected chi connectivity index (χ4v) is 4.88. The highest BCUT2D eigenvalue weighted by Gasteiger charge is 2.32. The van der Waals surface area contributed by atoms with Gasteiger partial charge in [0.05, 0.1) is 4.90 Å². The Morgan fingerprint density at radius 2 is 1.91 bits per heavy atom. The van der Waals surface area contributed by atoms with Gasteiger partial charge in [0.1, 0.15) is 0 Å². The molecule has 1 saturated heterocycles. The molecule has 1 aliphatic rings. The van der Waals surface area contributed by atoms with Crippen molar-refractivity contribution in [3.8, 4) is 0 Å². The van der Waals surface area contributed by atoms with Crippen molar-refractivity contribution < 1.29 is 8.42 Å². The molecule has 0 amide bonds. The van der Waals surface area contributed by atoms with E-state index in [1.807, 2.05) is 6.92 Å². The number of fused-ring (bicyclic) bond motifs is 1. The van der Waals surface area contributed by atoms with Crippen molar-refractivity contribution in [1.82, 2.24) is 9.29 Å². The summed E-state index contributed by atoms with van der Waals surface area (Å²) in [7, 11) is -3.57. The molecule has 1 atom stereocenters. The van der Waals surface area contributed by atoms with Gasteiger partial charge in [0.25, 0.3) is 5.56 Å². The third-order valence-electron chi connectivity index (χ3n) is 4.10. The lowest BCUT2D eigenvalue weighted by Gasteiger charge is -2.32. The van der Waals surface area contributed by atoms with Crippen LogP contribution >= 0.6 is 11.6 Å². The number of H-pyrrole nitrogens is 1. The van der Waals surface area contributed by atoms with Gasteiger partial charge in [0, 0.05) is 35.9 Å². The van der Waals surface area contributed by atoms with Crippen molar-refractivity contribution in [1.29, 1.82) is 0 Å². The molecule has 2 heterocycles. The van der Waals surface area contributed by atoms with E-state index in [1.165, 1.54) is 12.6 Å². The monoisotopic (exact) mass is 356 g/mol. The molecule has 23 heavy (non-hydrogen) atoms. The first-order valence-electron chi connectivity index (χ1n) is 7.52. The lowest BCUT2D eigenvalue weighted by Crippen LogP contribution is -2.42. The zero-order chi connectivity index (χ0) is 17.0. The number of nitrogens with one attached hydrogen (secondary N) is 1. The van der Waals surface area contributed by atoms with Gasteiger partial charge in [0.2, 0.25) is 10.0 Å². The Hall–Kier alpha value is -1.37. The van der Waals surface area contributed by atoms with Gasteiger partial charge in [-0.15, -0.1) is 11.6 Å². The molecule has 0 saturated carbocycles. The Balaban J connectivity index is 0.000000924. The van der Waals surface area contributed by atoms with E-state index < -0.39 is 10.0 Å². The summed E-state index contributed by atoms with van der Waals surface area (Å²) < 4.78 is 27.4. The lowest BCUT2D eigenvalue weighted by atomic mass is 10.1. The van der Waals surface area contributed by atoms with Crippen molar-refractivity contribution in [3.05, 3.63) is 40.8 Å². The number of alkyl halides is 1.